The molecule has 448 valence electrons. The van der Waals surface area contributed by atoms with Crippen LogP contribution in [-0.2, 0) is 28.6 Å². The summed E-state index contributed by atoms with van der Waals surface area (Å²) in [6.45, 7) is 6.39. The van der Waals surface area contributed by atoms with Crippen LogP contribution in [0.5, 0.6) is 0 Å². The number of unbranched alkanes of at least 4 members (excludes halogenated alkanes) is 25. The molecular weight excluding hydrogens is 973 g/mol. The lowest BCUT2D eigenvalue weighted by Crippen LogP contribution is -2.30. The van der Waals surface area contributed by atoms with Crippen LogP contribution in [0.1, 0.15) is 290 Å². The minimum absolute atomic E-state index is 0.0971. The van der Waals surface area contributed by atoms with E-state index < -0.39 is 6.10 Å². The van der Waals surface area contributed by atoms with Gasteiger partial charge in [-0.1, -0.05) is 270 Å². The van der Waals surface area contributed by atoms with Crippen molar-refractivity contribution in [2.45, 2.75) is 297 Å². The number of rotatable bonds is 58. The van der Waals surface area contributed by atoms with Crippen molar-refractivity contribution in [1.29, 1.82) is 0 Å². The van der Waals surface area contributed by atoms with Crippen LogP contribution in [0.2, 0.25) is 0 Å². The van der Waals surface area contributed by atoms with E-state index in [9.17, 15) is 14.4 Å². The van der Waals surface area contributed by atoms with E-state index in [1.807, 2.05) is 0 Å². The van der Waals surface area contributed by atoms with Crippen LogP contribution < -0.4 is 0 Å². The Balaban J connectivity index is 4.42. The molecule has 0 radical (unpaired) electrons. The molecule has 0 heterocycles. The monoisotopic (exact) mass is 1090 g/mol. The third-order valence-corrected chi connectivity index (χ3v) is 13.6. The van der Waals surface area contributed by atoms with E-state index in [1.54, 1.807) is 0 Å². The number of ether oxygens (including phenoxy) is 3. The predicted molar refractivity (Wildman–Crippen MR) is 343 cm³/mol. The summed E-state index contributed by atoms with van der Waals surface area (Å²) in [5, 5.41) is 0. The molecule has 1 atom stereocenters. The molecule has 0 aromatic carbocycles. The minimum atomic E-state index is -0.801. The molecular formula is C73H120O6. The van der Waals surface area contributed by atoms with Crippen LogP contribution in [0.15, 0.2) is 134 Å². The molecule has 0 saturated heterocycles. The molecule has 6 heteroatoms. The van der Waals surface area contributed by atoms with Gasteiger partial charge in [-0.25, -0.2) is 0 Å². The van der Waals surface area contributed by atoms with E-state index >= 15 is 0 Å². The normalized spacial score (nSPS) is 13.0. The van der Waals surface area contributed by atoms with Gasteiger partial charge in [0.1, 0.15) is 13.2 Å². The zero-order valence-corrected chi connectivity index (χ0v) is 51.3. The first-order valence-corrected chi connectivity index (χ1v) is 32.7. The number of hydrogen-bond donors (Lipinski definition) is 0. The van der Waals surface area contributed by atoms with Crippen molar-refractivity contribution in [2.24, 2.45) is 0 Å². The lowest BCUT2D eigenvalue weighted by atomic mass is 10.1. The quantitative estimate of drug-likeness (QED) is 0.0261. The van der Waals surface area contributed by atoms with Gasteiger partial charge in [-0.2, -0.15) is 0 Å². The molecule has 0 spiro atoms. The zero-order chi connectivity index (χ0) is 57.1. The van der Waals surface area contributed by atoms with E-state index in [-0.39, 0.29) is 31.1 Å². The van der Waals surface area contributed by atoms with E-state index in [1.165, 1.54) is 89.9 Å². The van der Waals surface area contributed by atoms with E-state index in [4.69, 9.17) is 14.2 Å². The Morgan fingerprint density at radius 1 is 0.266 bits per heavy atom. The Hall–Kier alpha value is -4.45. The fourth-order valence-corrected chi connectivity index (χ4v) is 8.79. The third-order valence-electron chi connectivity index (χ3n) is 13.6. The summed E-state index contributed by atoms with van der Waals surface area (Å²) in [5.74, 6) is -0.930. The second kappa shape index (κ2) is 66.1. The lowest BCUT2D eigenvalue weighted by Gasteiger charge is -2.18. The number of hydrogen-bond acceptors (Lipinski definition) is 6. The maximum absolute atomic E-state index is 12.9. The molecule has 0 amide bonds. The van der Waals surface area contributed by atoms with Gasteiger partial charge in [0.2, 0.25) is 0 Å². The number of esters is 3. The molecule has 0 aromatic heterocycles. The molecule has 0 saturated carbocycles. The average Bonchev–Trinajstić information content (AvgIpc) is 3.45. The third kappa shape index (κ3) is 64.3. The molecule has 0 bridgehead atoms. The Morgan fingerprint density at radius 3 is 0.785 bits per heavy atom. The van der Waals surface area contributed by atoms with Crippen molar-refractivity contribution in [3.63, 3.8) is 0 Å². The first kappa shape index (κ1) is 74.5. The molecule has 0 N–H and O–H groups in total. The SMILES string of the molecule is CC/C=C\C/C=C\C/C=C\C/C=C\C/C=C\C/C=C\C/C=C\CCCCCCCC(=O)OCC(COC(=O)CCCCCCC/C=C\C/C=C\C/C=C\CC)OC(=O)CCCCCCCCCCC/C=C\CCCCCCCC. The number of carbonyl (C=O) groups excluding carboxylic acids is 3. The summed E-state index contributed by atoms with van der Waals surface area (Å²) in [6, 6.07) is 0. The van der Waals surface area contributed by atoms with Crippen LogP contribution in [0.4, 0.5) is 0 Å². The van der Waals surface area contributed by atoms with Gasteiger partial charge < -0.3 is 14.2 Å². The maximum atomic E-state index is 12.9. The molecule has 0 rings (SSSR count). The fourth-order valence-electron chi connectivity index (χ4n) is 8.79. The average molecular weight is 1090 g/mol. The highest BCUT2D eigenvalue weighted by Crippen LogP contribution is 2.15. The standard InChI is InChI=1S/C73H120O6/c1-4-7-10-13-16-19-22-25-28-30-32-33-34-35-36-37-38-39-41-42-45-48-51-54-57-60-63-66-72(75)78-69-70(68-77-71(74)65-62-59-56-53-50-47-44-27-24-21-18-15-12-9-6-3)79-73(76)67-64-61-58-55-52-49-46-43-40-31-29-26-23-20-17-14-11-8-5-2/h7,9-10,12,16,18-19,21,25-29,32-33,35-36,38-39,42,44-45,70H,4-6,8,11,13-15,17,20,22-24,30-31,34,37,40-41,43,46-69H2,1-3H3/b10-7-,12-9-,19-16-,21-18-,28-25-,29-26-,33-32-,36-35-,39-38-,44-27-,45-42-. The van der Waals surface area contributed by atoms with Crippen LogP contribution in [0.3, 0.4) is 0 Å². The van der Waals surface area contributed by atoms with Crippen molar-refractivity contribution in [3.05, 3.63) is 134 Å². The maximum Gasteiger partial charge on any atom is 0.306 e. The first-order chi connectivity index (χ1) is 39.0. The molecule has 0 aromatic rings. The summed E-state index contributed by atoms with van der Waals surface area (Å²) in [5.41, 5.74) is 0. The summed E-state index contributed by atoms with van der Waals surface area (Å²) in [6.07, 6.45) is 93.1. The van der Waals surface area contributed by atoms with Crippen molar-refractivity contribution >= 4 is 17.9 Å². The Labute approximate surface area is 487 Å². The second-order valence-electron chi connectivity index (χ2n) is 21.3. The van der Waals surface area contributed by atoms with E-state index in [0.717, 1.165) is 161 Å². The highest BCUT2D eigenvalue weighted by molar-refractivity contribution is 5.71. The Morgan fingerprint density at radius 2 is 0.494 bits per heavy atom. The molecule has 0 aliphatic rings. The van der Waals surface area contributed by atoms with Crippen molar-refractivity contribution in [2.75, 3.05) is 13.2 Å². The number of carbonyl (C=O) groups is 3. The summed E-state index contributed by atoms with van der Waals surface area (Å²) < 4.78 is 16.9. The largest absolute Gasteiger partial charge is 0.462 e. The Kier molecular flexibility index (Phi) is 62.3. The van der Waals surface area contributed by atoms with Crippen LogP contribution in [0, 0.1) is 0 Å². The van der Waals surface area contributed by atoms with Gasteiger partial charge in [-0.15, -0.1) is 0 Å². The fraction of sp³-hybridized carbons (Fsp3) is 0.658. The lowest BCUT2D eigenvalue weighted by molar-refractivity contribution is -0.167. The van der Waals surface area contributed by atoms with Crippen molar-refractivity contribution < 1.29 is 28.6 Å². The van der Waals surface area contributed by atoms with Gasteiger partial charge in [0.25, 0.3) is 0 Å². The van der Waals surface area contributed by atoms with E-state index in [0.29, 0.717) is 19.3 Å². The molecule has 0 fully saturated rings. The summed E-state index contributed by atoms with van der Waals surface area (Å²) >= 11 is 0. The first-order valence-electron chi connectivity index (χ1n) is 32.7. The van der Waals surface area contributed by atoms with Gasteiger partial charge >= 0.3 is 17.9 Å². The van der Waals surface area contributed by atoms with Gasteiger partial charge in [0, 0.05) is 19.3 Å². The van der Waals surface area contributed by atoms with Gasteiger partial charge in [-0.3, -0.25) is 14.4 Å². The van der Waals surface area contributed by atoms with E-state index in [2.05, 4.69) is 154 Å². The van der Waals surface area contributed by atoms with Crippen molar-refractivity contribution in [3.8, 4) is 0 Å². The molecule has 1 unspecified atom stereocenters. The molecule has 6 nitrogen and oxygen atoms in total. The van der Waals surface area contributed by atoms with Crippen LogP contribution in [0.25, 0.3) is 0 Å². The van der Waals surface area contributed by atoms with Gasteiger partial charge in [0.15, 0.2) is 6.10 Å². The van der Waals surface area contributed by atoms with Crippen LogP contribution in [-0.4, -0.2) is 37.2 Å². The highest BCUT2D eigenvalue weighted by atomic mass is 16.6. The van der Waals surface area contributed by atoms with Crippen LogP contribution >= 0.6 is 0 Å². The summed E-state index contributed by atoms with van der Waals surface area (Å²) in [4.78, 5) is 38.4. The minimum Gasteiger partial charge on any atom is -0.462 e. The van der Waals surface area contributed by atoms with Gasteiger partial charge in [-0.05, 0) is 135 Å². The predicted octanol–water partition coefficient (Wildman–Crippen LogP) is 22.5. The summed E-state index contributed by atoms with van der Waals surface area (Å²) in [7, 11) is 0. The molecule has 0 aliphatic heterocycles. The molecule has 79 heavy (non-hydrogen) atoms. The number of allylic oxidation sites excluding steroid dienone is 22. The smallest absolute Gasteiger partial charge is 0.306 e. The zero-order valence-electron chi connectivity index (χ0n) is 51.3. The second-order valence-corrected chi connectivity index (χ2v) is 21.3. The topological polar surface area (TPSA) is 78.9 Å². The van der Waals surface area contributed by atoms with Gasteiger partial charge in [0.05, 0.1) is 0 Å². The highest BCUT2D eigenvalue weighted by Gasteiger charge is 2.19. The van der Waals surface area contributed by atoms with Crippen molar-refractivity contribution in [1.82, 2.24) is 0 Å². The Bertz CT molecular complexity index is 1680. The molecule has 0 aliphatic carbocycles.